The number of aryl methyl sites for hydroxylation is 1. The number of rotatable bonds is 5. The molecule has 0 unspecified atom stereocenters. The molecule has 0 bridgehead atoms. The van der Waals surface area contributed by atoms with Crippen molar-refractivity contribution in [1.82, 2.24) is 5.32 Å². The topological polar surface area (TPSA) is 12.0 Å². The third-order valence-corrected chi connectivity index (χ3v) is 3.18. The Bertz CT molecular complexity index is 386. The van der Waals surface area contributed by atoms with Crippen LogP contribution in [-0.4, -0.2) is 13.1 Å². The highest BCUT2D eigenvalue weighted by Gasteiger charge is 2.25. The van der Waals surface area contributed by atoms with Crippen LogP contribution in [0.25, 0.3) is 0 Å². The minimum Gasteiger partial charge on any atom is -0.317 e. The molecule has 0 aromatic heterocycles. The van der Waals surface area contributed by atoms with Gasteiger partial charge in [-0.05, 0) is 43.0 Å². The lowest BCUT2D eigenvalue weighted by molar-refractivity contribution is 0.416. The van der Waals surface area contributed by atoms with Gasteiger partial charge in [0.2, 0.25) is 0 Å². The van der Waals surface area contributed by atoms with Crippen molar-refractivity contribution in [2.75, 3.05) is 13.1 Å². The lowest BCUT2D eigenvalue weighted by atomic mass is 9.81. The van der Waals surface area contributed by atoms with Gasteiger partial charge in [-0.25, -0.2) is 8.78 Å². The first-order valence-corrected chi connectivity index (χ1v) is 6.06. The van der Waals surface area contributed by atoms with E-state index in [-0.39, 0.29) is 5.41 Å². The molecule has 0 aliphatic rings. The van der Waals surface area contributed by atoms with Crippen LogP contribution in [0.5, 0.6) is 0 Å². The van der Waals surface area contributed by atoms with Crippen LogP contribution in [0.2, 0.25) is 0 Å². The highest BCUT2D eigenvalue weighted by molar-refractivity contribution is 5.30. The molecule has 0 aliphatic heterocycles. The maximum atomic E-state index is 13.9. The average Bonchev–Trinajstić information content (AvgIpc) is 2.26. The summed E-state index contributed by atoms with van der Waals surface area (Å²) in [4.78, 5) is 0. The van der Waals surface area contributed by atoms with Gasteiger partial charge in [-0.2, -0.15) is 0 Å². The maximum absolute atomic E-state index is 13.9. The summed E-state index contributed by atoms with van der Waals surface area (Å²) in [5.41, 5.74) is 0.452. The van der Waals surface area contributed by atoms with E-state index in [2.05, 4.69) is 5.32 Å². The Morgan fingerprint density at radius 1 is 1.18 bits per heavy atom. The number of halogens is 2. The molecule has 17 heavy (non-hydrogen) atoms. The fourth-order valence-electron chi connectivity index (χ4n) is 1.88. The predicted octanol–water partition coefficient (Wildman–Crippen LogP) is 3.55. The normalized spacial score (nSPS) is 11.9. The van der Waals surface area contributed by atoms with Crippen molar-refractivity contribution in [1.29, 1.82) is 0 Å². The predicted molar refractivity (Wildman–Crippen MR) is 67.3 cm³/mol. The van der Waals surface area contributed by atoms with E-state index in [1.807, 2.05) is 20.8 Å². The molecule has 0 amide bonds. The van der Waals surface area contributed by atoms with Crippen LogP contribution in [0.15, 0.2) is 12.1 Å². The summed E-state index contributed by atoms with van der Waals surface area (Å²) in [6.07, 6.45) is 0.778. The summed E-state index contributed by atoms with van der Waals surface area (Å²) in [5.74, 6) is -1.43. The van der Waals surface area contributed by atoms with Crippen LogP contribution >= 0.6 is 0 Å². The summed E-state index contributed by atoms with van der Waals surface area (Å²) in [6.45, 7) is 9.18. The molecule has 0 saturated heterocycles. The molecule has 1 aromatic rings. The van der Waals surface area contributed by atoms with Crippen molar-refractivity contribution in [2.24, 2.45) is 0 Å². The van der Waals surface area contributed by atoms with E-state index in [0.717, 1.165) is 19.5 Å². The van der Waals surface area contributed by atoms with Crippen molar-refractivity contribution in [3.8, 4) is 0 Å². The van der Waals surface area contributed by atoms with Crippen LogP contribution in [-0.2, 0) is 5.41 Å². The van der Waals surface area contributed by atoms with Crippen molar-refractivity contribution >= 4 is 0 Å². The van der Waals surface area contributed by atoms with Crippen LogP contribution in [0.4, 0.5) is 8.78 Å². The van der Waals surface area contributed by atoms with E-state index in [9.17, 15) is 8.78 Å². The van der Waals surface area contributed by atoms with Gasteiger partial charge in [-0.15, -0.1) is 0 Å². The van der Waals surface area contributed by atoms with Crippen molar-refractivity contribution < 1.29 is 8.78 Å². The van der Waals surface area contributed by atoms with Gasteiger partial charge in [0.25, 0.3) is 0 Å². The zero-order valence-electron chi connectivity index (χ0n) is 11.0. The molecule has 1 nitrogen and oxygen atoms in total. The summed E-state index contributed by atoms with van der Waals surface area (Å²) < 4.78 is 27.4. The van der Waals surface area contributed by atoms with Gasteiger partial charge in [0.05, 0.1) is 0 Å². The Kier molecular flexibility index (Phi) is 4.63. The van der Waals surface area contributed by atoms with Crippen LogP contribution < -0.4 is 5.32 Å². The maximum Gasteiger partial charge on any atom is 0.162 e. The molecule has 1 rings (SSSR count). The van der Waals surface area contributed by atoms with Crippen molar-refractivity contribution in [3.63, 3.8) is 0 Å². The molecule has 96 valence electrons. The van der Waals surface area contributed by atoms with E-state index in [1.165, 1.54) is 0 Å². The van der Waals surface area contributed by atoms with Crippen LogP contribution in [0, 0.1) is 18.6 Å². The fourth-order valence-corrected chi connectivity index (χ4v) is 1.88. The second-order valence-electron chi connectivity index (χ2n) is 5.05. The SMILES string of the molecule is CCNCCC(C)(C)c1ccc(C)c(F)c1F. The summed E-state index contributed by atoms with van der Waals surface area (Å²) in [5, 5.41) is 3.20. The molecule has 0 saturated carbocycles. The minimum absolute atomic E-state index is 0.355. The zero-order chi connectivity index (χ0) is 13.1. The highest BCUT2D eigenvalue weighted by Crippen LogP contribution is 2.30. The zero-order valence-corrected chi connectivity index (χ0v) is 11.0. The quantitative estimate of drug-likeness (QED) is 0.777. The third-order valence-electron chi connectivity index (χ3n) is 3.18. The van der Waals surface area contributed by atoms with Gasteiger partial charge in [0, 0.05) is 0 Å². The Morgan fingerprint density at radius 2 is 1.82 bits per heavy atom. The third kappa shape index (κ3) is 3.25. The first kappa shape index (κ1) is 14.1. The second kappa shape index (κ2) is 5.58. The molecule has 0 fully saturated rings. The van der Waals surface area contributed by atoms with Gasteiger partial charge in [-0.1, -0.05) is 32.9 Å². The van der Waals surface area contributed by atoms with Gasteiger partial charge < -0.3 is 5.32 Å². The van der Waals surface area contributed by atoms with Gasteiger partial charge >= 0.3 is 0 Å². The van der Waals surface area contributed by atoms with Gasteiger partial charge in [0.1, 0.15) is 0 Å². The summed E-state index contributed by atoms with van der Waals surface area (Å²) >= 11 is 0. The minimum atomic E-state index is -0.723. The Hall–Kier alpha value is -0.960. The Morgan fingerprint density at radius 3 is 2.41 bits per heavy atom. The Balaban J connectivity index is 2.94. The molecule has 0 radical (unpaired) electrons. The molecule has 1 N–H and O–H groups in total. The molecule has 3 heteroatoms. The molecule has 0 aliphatic carbocycles. The lowest BCUT2D eigenvalue weighted by Gasteiger charge is -2.26. The fraction of sp³-hybridized carbons (Fsp3) is 0.571. The van der Waals surface area contributed by atoms with Gasteiger partial charge in [0.15, 0.2) is 11.6 Å². The summed E-state index contributed by atoms with van der Waals surface area (Å²) in [7, 11) is 0. The standard InChI is InChI=1S/C14H21F2N/c1-5-17-9-8-14(3,4)11-7-6-10(2)12(15)13(11)16/h6-7,17H,5,8-9H2,1-4H3. The Labute approximate surface area is 102 Å². The van der Waals surface area contributed by atoms with E-state index in [4.69, 9.17) is 0 Å². The molecule has 0 atom stereocenters. The van der Waals surface area contributed by atoms with Crippen LogP contribution in [0.3, 0.4) is 0 Å². The number of benzene rings is 1. The van der Waals surface area contributed by atoms with E-state index in [0.29, 0.717) is 11.1 Å². The van der Waals surface area contributed by atoms with E-state index < -0.39 is 11.6 Å². The molecule has 1 aromatic carbocycles. The van der Waals surface area contributed by atoms with E-state index >= 15 is 0 Å². The smallest absolute Gasteiger partial charge is 0.162 e. The summed E-state index contributed by atoms with van der Waals surface area (Å²) in [6, 6.07) is 3.34. The molecule has 0 spiro atoms. The lowest BCUT2D eigenvalue weighted by Crippen LogP contribution is -2.26. The van der Waals surface area contributed by atoms with Crippen molar-refractivity contribution in [2.45, 2.75) is 39.5 Å². The first-order valence-electron chi connectivity index (χ1n) is 6.06. The molecule has 0 heterocycles. The molecular weight excluding hydrogens is 220 g/mol. The number of nitrogens with one attached hydrogen (secondary N) is 1. The number of hydrogen-bond donors (Lipinski definition) is 1. The van der Waals surface area contributed by atoms with Crippen molar-refractivity contribution in [3.05, 3.63) is 34.9 Å². The van der Waals surface area contributed by atoms with E-state index in [1.54, 1.807) is 19.1 Å². The molecular formula is C14H21F2N. The largest absolute Gasteiger partial charge is 0.317 e. The van der Waals surface area contributed by atoms with Gasteiger partial charge in [-0.3, -0.25) is 0 Å². The highest BCUT2D eigenvalue weighted by atomic mass is 19.2. The van der Waals surface area contributed by atoms with Crippen LogP contribution in [0.1, 0.15) is 38.3 Å². The number of hydrogen-bond acceptors (Lipinski definition) is 1. The monoisotopic (exact) mass is 241 g/mol. The first-order chi connectivity index (χ1) is 7.90. The second-order valence-corrected chi connectivity index (χ2v) is 5.05. The average molecular weight is 241 g/mol.